The molecule has 0 N–H and O–H groups in total. The second-order valence-electron chi connectivity index (χ2n) is 4.63. The maximum absolute atomic E-state index is 12.6. The summed E-state index contributed by atoms with van der Waals surface area (Å²) in [6, 6.07) is 8.05. The largest absolute Gasteiger partial charge is 0.334 e. The van der Waals surface area contributed by atoms with Crippen LogP contribution in [0.2, 0.25) is 0 Å². The third kappa shape index (κ3) is 3.66. The fraction of sp³-hybridized carbons (Fsp3) is 0.267. The normalized spacial score (nSPS) is 10.3. The summed E-state index contributed by atoms with van der Waals surface area (Å²) < 4.78 is 0. The maximum atomic E-state index is 12.6. The van der Waals surface area contributed by atoms with Gasteiger partial charge in [-0.3, -0.25) is 14.9 Å². The van der Waals surface area contributed by atoms with Crippen molar-refractivity contribution in [2.24, 2.45) is 0 Å². The van der Waals surface area contributed by atoms with Crippen molar-refractivity contribution in [1.82, 2.24) is 4.90 Å². The molecule has 1 amide bonds. The number of nitro groups is 1. The second-order valence-corrected chi connectivity index (χ2v) is 5.41. The number of nitro benzene ring substituents is 1. The molecule has 2 rings (SSSR count). The molecule has 0 spiro atoms. The molecular weight excluding hydrogens is 288 g/mol. The van der Waals surface area contributed by atoms with Crippen LogP contribution in [-0.2, 0) is 6.54 Å². The molecule has 0 atom stereocenters. The lowest BCUT2D eigenvalue weighted by Crippen LogP contribution is -2.31. The number of carbonyl (C=O) groups is 1. The van der Waals surface area contributed by atoms with Gasteiger partial charge < -0.3 is 4.90 Å². The molecule has 2 aromatic rings. The van der Waals surface area contributed by atoms with E-state index >= 15 is 0 Å². The Balaban J connectivity index is 2.28. The lowest BCUT2D eigenvalue weighted by Gasteiger charge is -2.21. The first-order chi connectivity index (χ1) is 10.1. The number of benzene rings is 1. The highest BCUT2D eigenvalue weighted by molar-refractivity contribution is 7.07. The van der Waals surface area contributed by atoms with Gasteiger partial charge in [-0.2, -0.15) is 11.3 Å². The molecule has 0 saturated carbocycles. The quantitative estimate of drug-likeness (QED) is 0.603. The van der Waals surface area contributed by atoms with Crippen molar-refractivity contribution in [3.05, 3.63) is 62.3 Å². The molecule has 0 unspecified atom stereocenters. The van der Waals surface area contributed by atoms with Gasteiger partial charge in [0, 0.05) is 19.2 Å². The van der Waals surface area contributed by atoms with Gasteiger partial charge in [-0.05, 0) is 34.9 Å². The first-order valence-corrected chi connectivity index (χ1v) is 7.61. The Bertz CT molecular complexity index is 626. The third-order valence-electron chi connectivity index (χ3n) is 3.07. The van der Waals surface area contributed by atoms with Crippen LogP contribution in [0, 0.1) is 10.1 Å². The highest BCUT2D eigenvalue weighted by atomic mass is 32.1. The van der Waals surface area contributed by atoms with E-state index in [9.17, 15) is 14.9 Å². The zero-order valence-electron chi connectivity index (χ0n) is 11.7. The van der Waals surface area contributed by atoms with Gasteiger partial charge in [0.05, 0.1) is 4.92 Å². The molecule has 0 aliphatic rings. The molecule has 110 valence electrons. The van der Waals surface area contributed by atoms with Crippen molar-refractivity contribution in [3.8, 4) is 0 Å². The summed E-state index contributed by atoms with van der Waals surface area (Å²) in [7, 11) is 0. The number of nitrogens with zero attached hydrogens (tertiary/aromatic N) is 2. The zero-order chi connectivity index (χ0) is 15.2. The SMILES string of the molecule is CCCN(Cc1ccsc1)C(=O)c1ccccc1[N+](=O)[O-]. The maximum Gasteiger partial charge on any atom is 0.282 e. The average molecular weight is 304 g/mol. The monoisotopic (exact) mass is 304 g/mol. The Hall–Kier alpha value is -2.21. The van der Waals surface area contributed by atoms with E-state index in [1.54, 1.807) is 28.4 Å². The Labute approximate surface area is 127 Å². The first-order valence-electron chi connectivity index (χ1n) is 6.67. The average Bonchev–Trinajstić information content (AvgIpc) is 2.99. The number of amides is 1. The number of carbonyl (C=O) groups excluding carboxylic acids is 1. The van der Waals surface area contributed by atoms with Crippen molar-refractivity contribution >= 4 is 22.9 Å². The van der Waals surface area contributed by atoms with Crippen molar-refractivity contribution in [2.45, 2.75) is 19.9 Å². The Morgan fingerprint density at radius 1 is 1.33 bits per heavy atom. The third-order valence-corrected chi connectivity index (χ3v) is 3.80. The molecule has 0 bridgehead atoms. The summed E-state index contributed by atoms with van der Waals surface area (Å²) >= 11 is 1.57. The van der Waals surface area contributed by atoms with E-state index in [4.69, 9.17) is 0 Å². The van der Waals surface area contributed by atoms with E-state index in [1.165, 1.54) is 12.1 Å². The fourth-order valence-electron chi connectivity index (χ4n) is 2.11. The molecule has 0 radical (unpaired) electrons. The van der Waals surface area contributed by atoms with Crippen LogP contribution in [0.15, 0.2) is 41.1 Å². The van der Waals surface area contributed by atoms with Gasteiger partial charge in [0.25, 0.3) is 11.6 Å². The minimum Gasteiger partial charge on any atom is -0.334 e. The zero-order valence-corrected chi connectivity index (χ0v) is 12.5. The summed E-state index contributed by atoms with van der Waals surface area (Å²) in [6.07, 6.45) is 0.802. The van der Waals surface area contributed by atoms with Gasteiger partial charge in [-0.25, -0.2) is 0 Å². The van der Waals surface area contributed by atoms with Gasteiger partial charge in [-0.15, -0.1) is 0 Å². The summed E-state index contributed by atoms with van der Waals surface area (Å²) in [5.41, 5.74) is 1.04. The van der Waals surface area contributed by atoms with Crippen LogP contribution in [-0.4, -0.2) is 22.3 Å². The van der Waals surface area contributed by atoms with E-state index < -0.39 is 4.92 Å². The fourth-order valence-corrected chi connectivity index (χ4v) is 2.77. The van der Waals surface area contributed by atoms with Crippen molar-refractivity contribution in [1.29, 1.82) is 0 Å². The first kappa shape index (κ1) is 15.2. The number of hydrogen-bond donors (Lipinski definition) is 0. The van der Waals surface area contributed by atoms with E-state index in [-0.39, 0.29) is 17.2 Å². The predicted molar refractivity (Wildman–Crippen MR) is 82.4 cm³/mol. The molecule has 1 aromatic carbocycles. The molecule has 5 nitrogen and oxygen atoms in total. The lowest BCUT2D eigenvalue weighted by molar-refractivity contribution is -0.385. The van der Waals surface area contributed by atoms with Gasteiger partial charge in [0.2, 0.25) is 0 Å². The van der Waals surface area contributed by atoms with Crippen molar-refractivity contribution in [3.63, 3.8) is 0 Å². The van der Waals surface area contributed by atoms with Gasteiger partial charge in [-0.1, -0.05) is 19.1 Å². The van der Waals surface area contributed by atoms with Crippen LogP contribution in [0.4, 0.5) is 5.69 Å². The Morgan fingerprint density at radius 3 is 2.71 bits per heavy atom. The Kier molecular flexibility index (Phi) is 5.05. The summed E-state index contributed by atoms with van der Waals surface area (Å²) in [4.78, 5) is 24.8. The van der Waals surface area contributed by atoms with Crippen molar-refractivity contribution in [2.75, 3.05) is 6.54 Å². The van der Waals surface area contributed by atoms with Gasteiger partial charge in [0.1, 0.15) is 5.56 Å². The number of rotatable bonds is 6. The molecule has 1 heterocycles. The van der Waals surface area contributed by atoms with Crippen molar-refractivity contribution < 1.29 is 9.72 Å². The van der Waals surface area contributed by atoms with Crippen LogP contribution in [0.1, 0.15) is 29.3 Å². The highest BCUT2D eigenvalue weighted by Gasteiger charge is 2.23. The summed E-state index contributed by atoms with van der Waals surface area (Å²) in [5.74, 6) is -0.296. The number of para-hydroxylation sites is 1. The number of hydrogen-bond acceptors (Lipinski definition) is 4. The van der Waals surface area contributed by atoms with Crippen LogP contribution in [0.3, 0.4) is 0 Å². The minimum absolute atomic E-state index is 0.145. The second kappa shape index (κ2) is 6.99. The topological polar surface area (TPSA) is 63.5 Å². The standard InChI is InChI=1S/C15H16N2O3S/c1-2-8-16(10-12-7-9-21-11-12)15(18)13-5-3-4-6-14(13)17(19)20/h3-7,9,11H,2,8,10H2,1H3. The van der Waals surface area contributed by atoms with Crippen LogP contribution >= 0.6 is 11.3 Å². The summed E-state index contributed by atoms with van der Waals surface area (Å²) in [6.45, 7) is 3.02. The molecule has 0 aliphatic carbocycles. The summed E-state index contributed by atoms with van der Waals surface area (Å²) in [5, 5.41) is 15.0. The molecule has 6 heteroatoms. The van der Waals surface area contributed by atoms with Gasteiger partial charge in [0.15, 0.2) is 0 Å². The van der Waals surface area contributed by atoms with E-state index in [0.29, 0.717) is 13.1 Å². The Morgan fingerprint density at radius 2 is 2.10 bits per heavy atom. The van der Waals surface area contributed by atoms with Gasteiger partial charge >= 0.3 is 0 Å². The smallest absolute Gasteiger partial charge is 0.282 e. The molecule has 21 heavy (non-hydrogen) atoms. The van der Waals surface area contributed by atoms with Crippen LogP contribution in [0.25, 0.3) is 0 Å². The predicted octanol–water partition coefficient (Wildman–Crippen LogP) is 3.71. The van der Waals surface area contributed by atoms with Crippen LogP contribution < -0.4 is 0 Å². The molecule has 0 aliphatic heterocycles. The van der Waals surface area contributed by atoms with Crippen LogP contribution in [0.5, 0.6) is 0 Å². The molecule has 0 saturated heterocycles. The van der Waals surface area contributed by atoms with E-state index in [0.717, 1.165) is 12.0 Å². The van der Waals surface area contributed by atoms with E-state index in [1.807, 2.05) is 23.8 Å². The highest BCUT2D eigenvalue weighted by Crippen LogP contribution is 2.21. The number of thiophene rings is 1. The molecule has 0 fully saturated rings. The lowest BCUT2D eigenvalue weighted by atomic mass is 10.1. The van der Waals surface area contributed by atoms with E-state index in [2.05, 4.69) is 0 Å². The molecular formula is C15H16N2O3S. The minimum atomic E-state index is -0.512. The molecule has 1 aromatic heterocycles.